The Kier molecular flexibility index (Phi) is 5.11. The van der Waals surface area contributed by atoms with Crippen LogP contribution in [0.15, 0.2) is 23.6 Å². The average molecular weight is 320 g/mol. The van der Waals surface area contributed by atoms with Gasteiger partial charge >= 0.3 is 5.97 Å². The molecular weight excluding hydrogens is 304 g/mol. The van der Waals surface area contributed by atoms with Crippen LogP contribution >= 0.6 is 11.3 Å². The maximum absolute atomic E-state index is 11.6. The Balaban J connectivity index is 2.13. The molecule has 2 aromatic rings. The number of amides is 1. The van der Waals surface area contributed by atoms with Crippen LogP contribution in [0.5, 0.6) is 5.75 Å². The van der Waals surface area contributed by atoms with Gasteiger partial charge in [0.25, 0.3) is 0 Å². The zero-order chi connectivity index (χ0) is 16.1. The normalized spacial score (nSPS) is 10.3. The van der Waals surface area contributed by atoms with Gasteiger partial charge in [-0.2, -0.15) is 0 Å². The number of carboxylic acids is 1. The van der Waals surface area contributed by atoms with E-state index in [0.29, 0.717) is 5.69 Å². The van der Waals surface area contributed by atoms with Crippen LogP contribution in [0.25, 0.3) is 10.6 Å². The Morgan fingerprint density at radius 1 is 1.41 bits per heavy atom. The van der Waals surface area contributed by atoms with Crippen molar-refractivity contribution in [3.63, 3.8) is 0 Å². The summed E-state index contributed by atoms with van der Waals surface area (Å²) < 4.78 is 5.33. The van der Waals surface area contributed by atoms with Gasteiger partial charge in [0.05, 0.1) is 24.8 Å². The third-order valence-corrected chi connectivity index (χ3v) is 3.84. The lowest BCUT2D eigenvalue weighted by Gasteiger charge is -2.06. The zero-order valence-corrected chi connectivity index (χ0v) is 13.1. The number of thiazole rings is 1. The minimum Gasteiger partial charge on any atom is -0.496 e. The van der Waals surface area contributed by atoms with E-state index in [4.69, 9.17) is 9.84 Å². The molecule has 0 radical (unpaired) electrons. The molecule has 0 atom stereocenters. The summed E-state index contributed by atoms with van der Waals surface area (Å²) in [5, 5.41) is 13.4. The molecule has 7 heteroatoms. The molecule has 1 amide bonds. The fraction of sp³-hybridized carbons (Fsp3) is 0.267. The third kappa shape index (κ3) is 4.05. The molecule has 0 fully saturated rings. The van der Waals surface area contributed by atoms with Gasteiger partial charge in [-0.05, 0) is 19.1 Å². The van der Waals surface area contributed by atoms with Gasteiger partial charge in [-0.15, -0.1) is 11.3 Å². The molecule has 0 aliphatic rings. The van der Waals surface area contributed by atoms with Gasteiger partial charge in [-0.3, -0.25) is 9.59 Å². The summed E-state index contributed by atoms with van der Waals surface area (Å²) in [5.74, 6) is -0.714. The van der Waals surface area contributed by atoms with Gasteiger partial charge in [-0.1, -0.05) is 11.6 Å². The van der Waals surface area contributed by atoms with Crippen LogP contribution in [0.2, 0.25) is 0 Å². The summed E-state index contributed by atoms with van der Waals surface area (Å²) in [4.78, 5) is 26.4. The molecule has 1 heterocycles. The lowest BCUT2D eigenvalue weighted by atomic mass is 10.1. The number of hydrogen-bond acceptors (Lipinski definition) is 5. The predicted molar refractivity (Wildman–Crippen MR) is 83.2 cm³/mol. The summed E-state index contributed by atoms with van der Waals surface area (Å²) in [7, 11) is 1.60. The highest BCUT2D eigenvalue weighted by atomic mass is 32.1. The molecule has 6 nitrogen and oxygen atoms in total. The summed E-state index contributed by atoms with van der Waals surface area (Å²) in [6.07, 6.45) is 0.0535. The first-order valence-electron chi connectivity index (χ1n) is 6.57. The molecule has 0 bridgehead atoms. The van der Waals surface area contributed by atoms with E-state index in [1.54, 1.807) is 12.5 Å². The fourth-order valence-electron chi connectivity index (χ4n) is 1.90. The maximum Gasteiger partial charge on any atom is 0.322 e. The Morgan fingerprint density at radius 2 is 2.18 bits per heavy atom. The zero-order valence-electron chi connectivity index (χ0n) is 12.3. The number of rotatable bonds is 6. The Morgan fingerprint density at radius 3 is 2.86 bits per heavy atom. The number of carbonyl (C=O) groups excluding carboxylic acids is 1. The molecule has 1 aromatic heterocycles. The molecule has 2 rings (SSSR count). The molecule has 0 saturated carbocycles. The van der Waals surface area contributed by atoms with Crippen molar-refractivity contribution in [2.45, 2.75) is 13.3 Å². The first-order valence-corrected chi connectivity index (χ1v) is 7.45. The second-order valence-corrected chi connectivity index (χ2v) is 5.55. The molecule has 0 aliphatic heterocycles. The van der Waals surface area contributed by atoms with Crippen molar-refractivity contribution in [2.75, 3.05) is 13.7 Å². The number of nitrogens with zero attached hydrogens (tertiary/aromatic N) is 1. The van der Waals surface area contributed by atoms with Crippen molar-refractivity contribution in [1.29, 1.82) is 0 Å². The fourth-order valence-corrected chi connectivity index (χ4v) is 2.74. The van der Waals surface area contributed by atoms with Gasteiger partial charge in [0.1, 0.15) is 17.3 Å². The third-order valence-electron chi connectivity index (χ3n) is 2.92. The first-order chi connectivity index (χ1) is 10.5. The van der Waals surface area contributed by atoms with E-state index in [0.717, 1.165) is 21.9 Å². The summed E-state index contributed by atoms with van der Waals surface area (Å²) in [5.41, 5.74) is 2.57. The van der Waals surface area contributed by atoms with Crippen LogP contribution in [-0.4, -0.2) is 35.6 Å². The van der Waals surface area contributed by atoms with E-state index in [9.17, 15) is 9.59 Å². The van der Waals surface area contributed by atoms with Gasteiger partial charge < -0.3 is 15.2 Å². The average Bonchev–Trinajstić information content (AvgIpc) is 2.93. The number of methoxy groups -OCH3 is 1. The molecule has 2 N–H and O–H groups in total. The lowest BCUT2D eigenvalue weighted by Crippen LogP contribution is -2.30. The molecule has 1 aromatic carbocycles. The predicted octanol–water partition coefficient (Wildman–Crippen LogP) is 1.87. The highest BCUT2D eigenvalue weighted by Gasteiger charge is 2.13. The van der Waals surface area contributed by atoms with Gasteiger partial charge in [0, 0.05) is 5.38 Å². The highest BCUT2D eigenvalue weighted by Crippen LogP contribution is 2.33. The summed E-state index contributed by atoms with van der Waals surface area (Å²) in [6, 6.07) is 5.81. The lowest BCUT2D eigenvalue weighted by molar-refractivity contribution is -0.137. The number of ether oxygens (including phenoxy) is 1. The highest BCUT2D eigenvalue weighted by molar-refractivity contribution is 7.13. The van der Waals surface area contributed by atoms with E-state index < -0.39 is 5.97 Å². The van der Waals surface area contributed by atoms with Crippen molar-refractivity contribution in [3.8, 4) is 16.3 Å². The second-order valence-electron chi connectivity index (χ2n) is 4.69. The number of benzene rings is 1. The van der Waals surface area contributed by atoms with E-state index >= 15 is 0 Å². The van der Waals surface area contributed by atoms with Gasteiger partial charge in [-0.25, -0.2) is 4.98 Å². The minimum absolute atomic E-state index is 0.0535. The Labute approximate surface area is 131 Å². The summed E-state index contributed by atoms with van der Waals surface area (Å²) in [6.45, 7) is 1.60. The Hall–Kier alpha value is -2.41. The van der Waals surface area contributed by atoms with Crippen LogP contribution in [0, 0.1) is 6.92 Å². The van der Waals surface area contributed by atoms with Crippen LogP contribution in [0.4, 0.5) is 0 Å². The number of carboxylic acid groups (broad SMARTS) is 1. The van der Waals surface area contributed by atoms with Crippen LogP contribution in [0.3, 0.4) is 0 Å². The van der Waals surface area contributed by atoms with Crippen molar-refractivity contribution in [1.82, 2.24) is 10.3 Å². The van der Waals surface area contributed by atoms with Crippen molar-refractivity contribution < 1.29 is 19.4 Å². The minimum atomic E-state index is -1.07. The van der Waals surface area contributed by atoms with Gasteiger partial charge in [0.2, 0.25) is 5.91 Å². The number of carbonyl (C=O) groups is 2. The number of nitrogens with one attached hydrogen (secondary N) is 1. The largest absolute Gasteiger partial charge is 0.496 e. The van der Waals surface area contributed by atoms with Crippen molar-refractivity contribution in [3.05, 3.63) is 34.8 Å². The van der Waals surface area contributed by atoms with Gasteiger partial charge in [0.15, 0.2) is 0 Å². The standard InChI is InChI=1S/C15H16N2O4S/c1-9-3-4-12(21-2)11(5-9)15-17-10(8-22-15)6-13(18)16-7-14(19)20/h3-5,8H,6-7H2,1-2H3,(H,16,18)(H,19,20). The van der Waals surface area contributed by atoms with E-state index in [2.05, 4.69) is 10.3 Å². The van der Waals surface area contributed by atoms with Crippen LogP contribution < -0.4 is 10.1 Å². The first kappa shape index (κ1) is 16.0. The molecule has 0 spiro atoms. The van der Waals surface area contributed by atoms with Crippen molar-refractivity contribution in [2.24, 2.45) is 0 Å². The maximum atomic E-state index is 11.6. The topological polar surface area (TPSA) is 88.5 Å². The molecular formula is C15H16N2O4S. The Bertz CT molecular complexity index is 697. The smallest absolute Gasteiger partial charge is 0.322 e. The molecule has 0 unspecified atom stereocenters. The second kappa shape index (κ2) is 7.04. The molecule has 0 saturated heterocycles. The number of hydrogen-bond donors (Lipinski definition) is 2. The van der Waals surface area contributed by atoms with E-state index in [-0.39, 0.29) is 18.9 Å². The molecule has 116 valence electrons. The molecule has 0 aliphatic carbocycles. The summed E-state index contributed by atoms with van der Waals surface area (Å²) >= 11 is 1.42. The SMILES string of the molecule is COc1ccc(C)cc1-c1nc(CC(=O)NCC(=O)O)cs1. The van der Waals surface area contributed by atoms with E-state index in [1.807, 2.05) is 25.1 Å². The van der Waals surface area contributed by atoms with Crippen molar-refractivity contribution >= 4 is 23.2 Å². The number of aromatic nitrogens is 1. The van der Waals surface area contributed by atoms with Crippen LogP contribution in [-0.2, 0) is 16.0 Å². The van der Waals surface area contributed by atoms with Crippen LogP contribution in [0.1, 0.15) is 11.3 Å². The molecule has 22 heavy (non-hydrogen) atoms. The quantitative estimate of drug-likeness (QED) is 0.848. The number of aryl methyl sites for hydroxylation is 1. The number of aliphatic carboxylic acids is 1. The monoisotopic (exact) mass is 320 g/mol. The van der Waals surface area contributed by atoms with E-state index in [1.165, 1.54) is 11.3 Å².